The fraction of sp³-hybridized carbons (Fsp3) is 0.222. The molecule has 0 aliphatic heterocycles. The highest BCUT2D eigenvalue weighted by atomic mass is 19.1. The van der Waals surface area contributed by atoms with E-state index >= 15 is 0 Å². The molecule has 0 spiro atoms. The van der Waals surface area contributed by atoms with Crippen molar-refractivity contribution in [3.63, 3.8) is 0 Å². The summed E-state index contributed by atoms with van der Waals surface area (Å²) in [4.78, 5) is 4.45. The first-order chi connectivity index (χ1) is 15.0. The molecule has 1 atom stereocenters. The van der Waals surface area contributed by atoms with Gasteiger partial charge in [0.15, 0.2) is 0 Å². The van der Waals surface area contributed by atoms with E-state index in [0.29, 0.717) is 24.5 Å². The van der Waals surface area contributed by atoms with Crippen LogP contribution in [0.5, 0.6) is 17.4 Å². The number of para-hydroxylation sites is 1. The number of halogens is 1. The summed E-state index contributed by atoms with van der Waals surface area (Å²) in [6.07, 6.45) is 9.68. The van der Waals surface area contributed by atoms with Gasteiger partial charge in [-0.2, -0.15) is 0 Å². The van der Waals surface area contributed by atoms with Crippen LogP contribution >= 0.6 is 0 Å². The second kappa shape index (κ2) is 10.4. The normalized spacial score (nSPS) is 12.4. The van der Waals surface area contributed by atoms with Crippen molar-refractivity contribution >= 4 is 0 Å². The number of rotatable bonds is 10. The zero-order valence-corrected chi connectivity index (χ0v) is 17.7. The Morgan fingerprint density at radius 1 is 1.10 bits per heavy atom. The first kappa shape index (κ1) is 22.1. The molecule has 0 saturated heterocycles. The lowest BCUT2D eigenvalue weighted by Gasteiger charge is -2.24. The van der Waals surface area contributed by atoms with Crippen molar-refractivity contribution < 1.29 is 13.9 Å². The van der Waals surface area contributed by atoms with Crippen LogP contribution in [0, 0.1) is 18.2 Å². The summed E-state index contributed by atoms with van der Waals surface area (Å²) in [5.41, 5.74) is 1.24. The van der Waals surface area contributed by atoms with E-state index in [1.54, 1.807) is 18.2 Å². The fourth-order valence-electron chi connectivity index (χ4n) is 3.31. The van der Waals surface area contributed by atoms with Crippen LogP contribution in [0.2, 0.25) is 0 Å². The van der Waals surface area contributed by atoms with E-state index in [9.17, 15) is 4.39 Å². The summed E-state index contributed by atoms with van der Waals surface area (Å²) in [6.45, 7) is 6.15. The third-order valence-corrected chi connectivity index (χ3v) is 5.07. The van der Waals surface area contributed by atoms with Crippen molar-refractivity contribution in [2.75, 3.05) is 6.61 Å². The number of hydrogen-bond acceptors (Lipinski definition) is 3. The number of hydrogen-bond donors (Lipinski definition) is 0. The predicted molar refractivity (Wildman–Crippen MR) is 122 cm³/mol. The number of benzene rings is 2. The molecule has 0 amide bonds. The van der Waals surface area contributed by atoms with Crippen molar-refractivity contribution in [3.8, 4) is 29.7 Å². The van der Waals surface area contributed by atoms with E-state index in [0.717, 1.165) is 24.2 Å². The number of terminal acetylenes is 1. The highest BCUT2D eigenvalue weighted by molar-refractivity contribution is 5.37. The van der Waals surface area contributed by atoms with Crippen LogP contribution in [-0.4, -0.2) is 11.6 Å². The molecule has 0 fully saturated rings. The van der Waals surface area contributed by atoms with Crippen LogP contribution in [0.4, 0.5) is 4.39 Å². The number of pyridine rings is 1. The lowest BCUT2D eigenvalue weighted by atomic mass is 9.79. The first-order valence-corrected chi connectivity index (χ1v) is 10.2. The topological polar surface area (TPSA) is 31.4 Å². The van der Waals surface area contributed by atoms with Crippen LogP contribution in [0.3, 0.4) is 0 Å². The highest BCUT2D eigenvalue weighted by Crippen LogP contribution is 2.30. The first-order valence-electron chi connectivity index (χ1n) is 10.2. The van der Waals surface area contributed by atoms with Crippen molar-refractivity contribution in [1.82, 2.24) is 4.98 Å². The van der Waals surface area contributed by atoms with Crippen molar-refractivity contribution in [2.45, 2.75) is 31.6 Å². The fourth-order valence-corrected chi connectivity index (χ4v) is 3.31. The Morgan fingerprint density at radius 3 is 2.52 bits per heavy atom. The average Bonchev–Trinajstić information content (AvgIpc) is 2.78. The summed E-state index contributed by atoms with van der Waals surface area (Å²) in [5.74, 6) is 4.19. The largest absolute Gasteiger partial charge is 0.490 e. The molecule has 1 unspecified atom stereocenters. The number of ether oxygens (including phenoxy) is 2. The molecule has 3 nitrogen and oxygen atoms in total. The molecule has 0 bridgehead atoms. The maximum atomic E-state index is 14.1. The second-order valence-corrected chi connectivity index (χ2v) is 7.48. The Morgan fingerprint density at radius 2 is 1.84 bits per heavy atom. The molecule has 0 N–H and O–H groups in total. The summed E-state index contributed by atoms with van der Waals surface area (Å²) < 4.78 is 25.3. The standard InChI is InChI=1S/C27H26FNO2/c1-4-18-30-24-15-13-21(14-16-24)27(3,5-2)17-9-10-23-19-22(28)20-26(29-23)31-25-11-7-6-8-12-25/h2,4,6-8,11-16,19-20H,1,9-10,17-18H2,3H3. The number of nitrogens with zero attached hydrogens (tertiary/aromatic N) is 1. The summed E-state index contributed by atoms with van der Waals surface area (Å²) >= 11 is 0. The highest BCUT2D eigenvalue weighted by Gasteiger charge is 2.23. The summed E-state index contributed by atoms with van der Waals surface area (Å²) in [5, 5.41) is 0. The second-order valence-electron chi connectivity index (χ2n) is 7.48. The van der Waals surface area contributed by atoms with Gasteiger partial charge in [0.05, 0.1) is 5.41 Å². The summed E-state index contributed by atoms with van der Waals surface area (Å²) in [7, 11) is 0. The molecule has 3 aromatic rings. The quantitative estimate of drug-likeness (QED) is 0.280. The Kier molecular flexibility index (Phi) is 7.45. The molecule has 0 saturated carbocycles. The van der Waals surface area contributed by atoms with Gasteiger partial charge in [0, 0.05) is 11.8 Å². The molecule has 158 valence electrons. The molecule has 3 rings (SSSR count). The molecular formula is C27H26FNO2. The van der Waals surface area contributed by atoms with E-state index in [4.69, 9.17) is 15.9 Å². The van der Waals surface area contributed by atoms with Gasteiger partial charge in [0.2, 0.25) is 5.88 Å². The lowest BCUT2D eigenvalue weighted by molar-refractivity contribution is 0.363. The van der Waals surface area contributed by atoms with Gasteiger partial charge in [-0.1, -0.05) is 48.9 Å². The van der Waals surface area contributed by atoms with Crippen LogP contribution in [0.25, 0.3) is 0 Å². The predicted octanol–water partition coefficient (Wildman–Crippen LogP) is 6.49. The summed E-state index contributed by atoms with van der Waals surface area (Å²) in [6, 6.07) is 19.7. The minimum atomic E-state index is -0.437. The number of aryl methyl sites for hydroxylation is 1. The molecule has 4 heteroatoms. The van der Waals surface area contributed by atoms with Gasteiger partial charge < -0.3 is 9.47 Å². The van der Waals surface area contributed by atoms with Crippen molar-refractivity contribution in [2.24, 2.45) is 0 Å². The minimum absolute atomic E-state index is 0.246. The van der Waals surface area contributed by atoms with Gasteiger partial charge in [-0.05, 0) is 62.1 Å². The van der Waals surface area contributed by atoms with Gasteiger partial charge in [0.25, 0.3) is 0 Å². The van der Waals surface area contributed by atoms with Crippen LogP contribution in [-0.2, 0) is 11.8 Å². The zero-order chi connectivity index (χ0) is 22.1. The third-order valence-electron chi connectivity index (χ3n) is 5.07. The van der Waals surface area contributed by atoms with Crippen LogP contribution in [0.1, 0.15) is 31.0 Å². The van der Waals surface area contributed by atoms with Crippen LogP contribution < -0.4 is 9.47 Å². The van der Waals surface area contributed by atoms with Gasteiger partial charge in [-0.3, -0.25) is 0 Å². The Labute approximate surface area is 183 Å². The Balaban J connectivity index is 1.63. The third kappa shape index (κ3) is 6.20. The van der Waals surface area contributed by atoms with Gasteiger partial charge in [0.1, 0.15) is 23.9 Å². The van der Waals surface area contributed by atoms with Crippen molar-refractivity contribution in [1.29, 1.82) is 0 Å². The molecular weight excluding hydrogens is 389 g/mol. The maximum Gasteiger partial charge on any atom is 0.222 e. The van der Waals surface area contributed by atoms with Gasteiger partial charge >= 0.3 is 0 Å². The molecule has 2 aromatic carbocycles. The lowest BCUT2D eigenvalue weighted by Crippen LogP contribution is -2.19. The monoisotopic (exact) mass is 415 g/mol. The zero-order valence-electron chi connectivity index (χ0n) is 17.7. The van der Waals surface area contributed by atoms with Gasteiger partial charge in [-0.15, -0.1) is 6.42 Å². The smallest absolute Gasteiger partial charge is 0.222 e. The number of aromatic nitrogens is 1. The molecule has 31 heavy (non-hydrogen) atoms. The van der Waals surface area contributed by atoms with E-state index in [-0.39, 0.29) is 11.7 Å². The Hall–Kier alpha value is -3.58. The maximum absolute atomic E-state index is 14.1. The van der Waals surface area contributed by atoms with E-state index in [1.807, 2.05) is 49.4 Å². The van der Waals surface area contributed by atoms with E-state index in [1.165, 1.54) is 12.1 Å². The Bertz CT molecular complexity index is 1040. The molecule has 1 heterocycles. The molecule has 1 aromatic heterocycles. The molecule has 0 radical (unpaired) electrons. The van der Waals surface area contributed by atoms with E-state index < -0.39 is 5.41 Å². The van der Waals surface area contributed by atoms with Crippen molar-refractivity contribution in [3.05, 3.63) is 96.5 Å². The van der Waals surface area contributed by atoms with E-state index in [2.05, 4.69) is 17.5 Å². The van der Waals surface area contributed by atoms with Crippen LogP contribution in [0.15, 0.2) is 79.4 Å². The molecule has 0 aliphatic carbocycles. The SMILES string of the molecule is C#CC(C)(CCCc1cc(F)cc(Oc2ccccc2)n1)c1ccc(OCC=C)cc1. The molecule has 0 aliphatic rings. The average molecular weight is 416 g/mol. The minimum Gasteiger partial charge on any atom is -0.490 e. The van der Waals surface area contributed by atoms with Gasteiger partial charge in [-0.25, -0.2) is 9.37 Å².